The van der Waals surface area contributed by atoms with E-state index in [4.69, 9.17) is 0 Å². The summed E-state index contributed by atoms with van der Waals surface area (Å²) in [4.78, 5) is 17.4. The Bertz CT molecular complexity index is 857. The van der Waals surface area contributed by atoms with Gasteiger partial charge in [0.25, 0.3) is 0 Å². The van der Waals surface area contributed by atoms with E-state index in [9.17, 15) is 9.18 Å². The summed E-state index contributed by atoms with van der Waals surface area (Å²) in [6.07, 6.45) is 5.70. The Labute approximate surface area is 183 Å². The maximum absolute atomic E-state index is 13.1. The van der Waals surface area contributed by atoms with Crippen molar-refractivity contribution in [2.24, 2.45) is 5.92 Å². The summed E-state index contributed by atoms with van der Waals surface area (Å²) in [6, 6.07) is 10.7. The Morgan fingerprint density at radius 3 is 2.65 bits per heavy atom. The third-order valence-corrected chi connectivity index (χ3v) is 6.55. The molecule has 2 aliphatic rings. The van der Waals surface area contributed by atoms with Crippen LogP contribution in [0.1, 0.15) is 39.0 Å². The lowest BCUT2D eigenvalue weighted by Gasteiger charge is -2.34. The molecule has 6 nitrogen and oxygen atoms in total. The molecular weight excluding hydrogens is 393 g/mol. The summed E-state index contributed by atoms with van der Waals surface area (Å²) in [7, 11) is 0. The van der Waals surface area contributed by atoms with Crippen LogP contribution in [-0.2, 0) is 4.79 Å². The Hall–Kier alpha value is -2.54. The molecule has 0 aliphatic carbocycles. The predicted molar refractivity (Wildman–Crippen MR) is 120 cm³/mol. The first kappa shape index (κ1) is 21.7. The number of aromatic nitrogens is 2. The van der Waals surface area contributed by atoms with Gasteiger partial charge in [-0.2, -0.15) is 0 Å². The summed E-state index contributed by atoms with van der Waals surface area (Å²) < 4.78 is 13.1. The first-order chi connectivity index (χ1) is 15.1. The Morgan fingerprint density at radius 1 is 1.06 bits per heavy atom. The lowest BCUT2D eigenvalue weighted by molar-refractivity contribution is -0.125. The number of benzene rings is 1. The first-order valence-corrected chi connectivity index (χ1v) is 11.5. The number of piperidine rings is 2. The van der Waals surface area contributed by atoms with E-state index in [2.05, 4.69) is 32.2 Å². The average Bonchev–Trinajstić information content (AvgIpc) is 2.81. The molecule has 1 aromatic heterocycles. The van der Waals surface area contributed by atoms with Crippen LogP contribution >= 0.6 is 0 Å². The fourth-order valence-electron chi connectivity index (χ4n) is 4.62. The van der Waals surface area contributed by atoms with Gasteiger partial charge in [0.2, 0.25) is 5.91 Å². The molecule has 31 heavy (non-hydrogen) atoms. The molecule has 2 atom stereocenters. The van der Waals surface area contributed by atoms with Crippen molar-refractivity contribution in [1.29, 1.82) is 0 Å². The molecule has 166 valence electrons. The molecule has 2 fully saturated rings. The van der Waals surface area contributed by atoms with Crippen molar-refractivity contribution in [2.45, 2.75) is 45.1 Å². The van der Waals surface area contributed by atoms with Crippen LogP contribution in [0.2, 0.25) is 0 Å². The first-order valence-electron chi connectivity index (χ1n) is 11.5. The van der Waals surface area contributed by atoms with Crippen molar-refractivity contribution in [3.05, 3.63) is 42.2 Å². The molecule has 2 aromatic rings. The summed E-state index contributed by atoms with van der Waals surface area (Å²) in [5.74, 6) is 0.637. The second-order valence-corrected chi connectivity index (χ2v) is 8.74. The number of hydrogen-bond donors (Lipinski definition) is 1. The zero-order chi connectivity index (χ0) is 21.6. The number of likely N-dealkylation sites (tertiary alicyclic amines) is 1. The summed E-state index contributed by atoms with van der Waals surface area (Å²) in [6.45, 7) is 6.60. The number of carbonyl (C=O) groups excluding carboxylic acids is 1. The van der Waals surface area contributed by atoms with E-state index in [1.807, 2.05) is 12.1 Å². The van der Waals surface area contributed by atoms with Crippen LogP contribution in [0.3, 0.4) is 0 Å². The highest BCUT2D eigenvalue weighted by atomic mass is 19.1. The molecule has 0 unspecified atom stereocenters. The fraction of sp³-hybridized carbons (Fsp3) is 0.542. The molecule has 0 radical (unpaired) electrons. The number of nitrogens with one attached hydrogen (secondary N) is 1. The number of rotatable bonds is 6. The molecule has 0 spiro atoms. The van der Waals surface area contributed by atoms with Crippen molar-refractivity contribution < 1.29 is 9.18 Å². The third kappa shape index (κ3) is 5.58. The maximum Gasteiger partial charge on any atom is 0.224 e. The number of halogens is 1. The van der Waals surface area contributed by atoms with Crippen molar-refractivity contribution in [3.63, 3.8) is 0 Å². The van der Waals surface area contributed by atoms with Crippen molar-refractivity contribution >= 4 is 11.7 Å². The lowest BCUT2D eigenvalue weighted by Crippen LogP contribution is -2.46. The molecule has 0 bridgehead atoms. The molecule has 4 rings (SSSR count). The monoisotopic (exact) mass is 425 g/mol. The van der Waals surface area contributed by atoms with Gasteiger partial charge in [0, 0.05) is 37.8 Å². The standard InChI is InChI=1S/C24H32FN5O/c1-18-5-2-3-14-29(18)16-13-26-24(31)20-6-4-15-30(17-20)23-12-11-22(27-28-23)19-7-9-21(25)10-8-19/h7-12,18,20H,2-6,13-17H2,1H3,(H,26,31)/t18-,20+/m0/s1. The van der Waals surface area contributed by atoms with Crippen molar-refractivity contribution in [3.8, 4) is 11.3 Å². The molecule has 3 heterocycles. The van der Waals surface area contributed by atoms with E-state index < -0.39 is 0 Å². The van der Waals surface area contributed by atoms with E-state index in [0.29, 0.717) is 24.8 Å². The highest BCUT2D eigenvalue weighted by Gasteiger charge is 2.27. The molecule has 7 heteroatoms. The molecular formula is C24H32FN5O. The minimum Gasteiger partial charge on any atom is -0.355 e. The summed E-state index contributed by atoms with van der Waals surface area (Å²) >= 11 is 0. The quantitative estimate of drug-likeness (QED) is 0.768. The number of anilines is 1. The van der Waals surface area contributed by atoms with E-state index in [0.717, 1.165) is 43.9 Å². The van der Waals surface area contributed by atoms with Gasteiger partial charge in [0.1, 0.15) is 5.82 Å². The van der Waals surface area contributed by atoms with Gasteiger partial charge >= 0.3 is 0 Å². The maximum atomic E-state index is 13.1. The van der Waals surface area contributed by atoms with Crippen LogP contribution in [-0.4, -0.2) is 59.8 Å². The lowest BCUT2D eigenvalue weighted by atomic mass is 9.97. The zero-order valence-corrected chi connectivity index (χ0v) is 18.3. The van der Waals surface area contributed by atoms with Gasteiger partial charge in [-0.1, -0.05) is 6.42 Å². The summed E-state index contributed by atoms with van der Waals surface area (Å²) in [5.41, 5.74) is 1.54. The van der Waals surface area contributed by atoms with Crippen LogP contribution in [0, 0.1) is 11.7 Å². The van der Waals surface area contributed by atoms with Crippen molar-refractivity contribution in [2.75, 3.05) is 37.6 Å². The number of nitrogens with zero attached hydrogens (tertiary/aromatic N) is 4. The van der Waals surface area contributed by atoms with E-state index in [1.54, 1.807) is 12.1 Å². The Morgan fingerprint density at radius 2 is 1.90 bits per heavy atom. The Balaban J connectivity index is 1.29. The van der Waals surface area contributed by atoms with Gasteiger partial charge in [0.15, 0.2) is 5.82 Å². The largest absolute Gasteiger partial charge is 0.355 e. The van der Waals surface area contributed by atoms with Gasteiger partial charge in [-0.05, 0) is 75.5 Å². The van der Waals surface area contributed by atoms with Gasteiger partial charge < -0.3 is 10.2 Å². The van der Waals surface area contributed by atoms with Crippen LogP contribution in [0.25, 0.3) is 11.3 Å². The minimum absolute atomic E-state index is 0.0221. The molecule has 0 saturated carbocycles. The second-order valence-electron chi connectivity index (χ2n) is 8.74. The van der Waals surface area contributed by atoms with Crippen LogP contribution in [0.4, 0.5) is 10.2 Å². The van der Waals surface area contributed by atoms with Crippen molar-refractivity contribution in [1.82, 2.24) is 20.4 Å². The van der Waals surface area contributed by atoms with Gasteiger partial charge in [0.05, 0.1) is 11.6 Å². The normalized spacial score (nSPS) is 22.3. The molecule has 2 saturated heterocycles. The van der Waals surface area contributed by atoms with E-state index >= 15 is 0 Å². The fourth-order valence-corrected chi connectivity index (χ4v) is 4.62. The van der Waals surface area contributed by atoms with E-state index in [1.165, 1.54) is 31.4 Å². The Kier molecular flexibility index (Phi) is 7.12. The topological polar surface area (TPSA) is 61.4 Å². The highest BCUT2D eigenvalue weighted by Crippen LogP contribution is 2.24. The zero-order valence-electron chi connectivity index (χ0n) is 18.3. The molecule has 1 N–H and O–H groups in total. The van der Waals surface area contributed by atoms with Gasteiger partial charge in [-0.15, -0.1) is 10.2 Å². The number of carbonyl (C=O) groups is 1. The molecule has 1 amide bonds. The molecule has 2 aliphatic heterocycles. The van der Waals surface area contributed by atoms with E-state index in [-0.39, 0.29) is 17.6 Å². The smallest absolute Gasteiger partial charge is 0.224 e. The van der Waals surface area contributed by atoms with Gasteiger partial charge in [-0.25, -0.2) is 4.39 Å². The van der Waals surface area contributed by atoms with Crippen LogP contribution < -0.4 is 10.2 Å². The molecule has 1 aromatic carbocycles. The van der Waals surface area contributed by atoms with Crippen LogP contribution in [0.15, 0.2) is 36.4 Å². The highest BCUT2D eigenvalue weighted by molar-refractivity contribution is 5.79. The predicted octanol–water partition coefficient (Wildman–Crippen LogP) is 3.49. The van der Waals surface area contributed by atoms with Crippen LogP contribution in [0.5, 0.6) is 0 Å². The SMILES string of the molecule is C[C@H]1CCCCN1CCNC(=O)[C@@H]1CCCN(c2ccc(-c3ccc(F)cc3)nn2)C1. The average molecular weight is 426 g/mol. The number of hydrogen-bond acceptors (Lipinski definition) is 5. The minimum atomic E-state index is -0.267. The second kappa shape index (κ2) is 10.2. The van der Waals surface area contributed by atoms with Gasteiger partial charge in [-0.3, -0.25) is 9.69 Å². The number of amides is 1. The summed E-state index contributed by atoms with van der Waals surface area (Å²) in [5, 5.41) is 11.8. The third-order valence-electron chi connectivity index (χ3n) is 6.55.